The van der Waals surface area contributed by atoms with Gasteiger partial charge in [-0.2, -0.15) is 8.42 Å². The third-order valence-corrected chi connectivity index (χ3v) is 3.96. The van der Waals surface area contributed by atoms with E-state index in [0.717, 1.165) is 4.90 Å². The lowest BCUT2D eigenvalue weighted by Gasteiger charge is -2.23. The summed E-state index contributed by atoms with van der Waals surface area (Å²) >= 11 is 0. The number of nitrogens with zero attached hydrogens (tertiary/aromatic N) is 2. The minimum absolute atomic E-state index is 0.00315. The third-order valence-electron chi connectivity index (χ3n) is 3.96. The molecule has 2 rings (SSSR count). The van der Waals surface area contributed by atoms with Crippen LogP contribution in [0.25, 0.3) is 0 Å². The third kappa shape index (κ3) is 6.96. The lowest BCUT2D eigenvalue weighted by atomic mass is 10.2. The molecule has 156 valence electrons. The summed E-state index contributed by atoms with van der Waals surface area (Å²) in [5, 5.41) is 2.56. The largest absolute Gasteiger partial charge is 0.394 e. The lowest BCUT2D eigenvalue weighted by molar-refractivity contribution is -0.147. The van der Waals surface area contributed by atoms with Crippen LogP contribution in [0.2, 0.25) is 0 Å². The second-order valence-electron chi connectivity index (χ2n) is 6.22. The van der Waals surface area contributed by atoms with Crippen molar-refractivity contribution in [3.63, 3.8) is 0 Å². The van der Waals surface area contributed by atoms with Crippen molar-refractivity contribution in [3.8, 4) is 0 Å². The summed E-state index contributed by atoms with van der Waals surface area (Å²) in [4.78, 5) is 39.1. The standard InChI is InChI=1S/C16H20FN3O3.H2O4S/c1-10(20-14(21)8-13(16(20)23)19(2)3)15(22)18-9-11-6-4-5-7-12(11)17;1-5(2,3)4/h4-7,10,13H,8-9H2,1-3H3,(H,18,22);(H2,1,2,3,4)/t10-,13+;/m1./s1. The number of benzene rings is 1. The van der Waals surface area contributed by atoms with E-state index in [4.69, 9.17) is 17.5 Å². The van der Waals surface area contributed by atoms with Gasteiger partial charge in [0.2, 0.25) is 17.7 Å². The molecular weight excluding hydrogens is 397 g/mol. The second-order valence-corrected chi connectivity index (χ2v) is 7.11. The number of halogens is 1. The molecule has 1 aromatic carbocycles. The van der Waals surface area contributed by atoms with Gasteiger partial charge in [-0.25, -0.2) is 4.39 Å². The molecule has 2 atom stereocenters. The van der Waals surface area contributed by atoms with Gasteiger partial charge in [-0.15, -0.1) is 0 Å². The van der Waals surface area contributed by atoms with Crippen LogP contribution in [-0.2, 0) is 31.3 Å². The normalized spacial score (nSPS) is 18.0. The predicted octanol–water partition coefficient (Wildman–Crippen LogP) is -0.133. The molecular formula is C16H22FN3O7S. The van der Waals surface area contributed by atoms with Crippen LogP contribution < -0.4 is 5.32 Å². The number of carbonyl (C=O) groups excluding carboxylic acids is 3. The molecule has 0 unspecified atom stereocenters. The first-order chi connectivity index (χ1) is 12.8. The Morgan fingerprint density at radius 3 is 2.32 bits per heavy atom. The smallest absolute Gasteiger partial charge is 0.350 e. The number of nitrogens with one attached hydrogen (secondary N) is 1. The number of hydrogen-bond acceptors (Lipinski definition) is 6. The van der Waals surface area contributed by atoms with Crippen molar-refractivity contribution in [3.05, 3.63) is 35.6 Å². The Kier molecular flexibility index (Phi) is 8.17. The van der Waals surface area contributed by atoms with Crippen LogP contribution >= 0.6 is 0 Å². The first kappa shape index (κ1) is 23.6. The van der Waals surface area contributed by atoms with E-state index in [1.54, 1.807) is 37.2 Å². The Morgan fingerprint density at radius 2 is 1.86 bits per heavy atom. The summed E-state index contributed by atoms with van der Waals surface area (Å²) in [6.07, 6.45) is 0.0662. The van der Waals surface area contributed by atoms with E-state index in [-0.39, 0.29) is 24.8 Å². The number of rotatable bonds is 5. The molecule has 12 heteroatoms. The van der Waals surface area contributed by atoms with Gasteiger partial charge >= 0.3 is 10.4 Å². The van der Waals surface area contributed by atoms with Gasteiger partial charge in [0.1, 0.15) is 11.9 Å². The van der Waals surface area contributed by atoms with Crippen molar-refractivity contribution in [1.29, 1.82) is 0 Å². The van der Waals surface area contributed by atoms with Crippen LogP contribution in [0, 0.1) is 5.82 Å². The Hall–Kier alpha value is -2.41. The highest BCUT2D eigenvalue weighted by Gasteiger charge is 2.43. The van der Waals surface area contributed by atoms with Crippen LogP contribution in [-0.4, -0.2) is 71.2 Å². The molecule has 0 aromatic heterocycles. The molecule has 0 bridgehead atoms. The quantitative estimate of drug-likeness (QED) is 0.442. The van der Waals surface area contributed by atoms with Crippen molar-refractivity contribution in [2.75, 3.05) is 14.1 Å². The molecule has 10 nitrogen and oxygen atoms in total. The predicted molar refractivity (Wildman–Crippen MR) is 95.8 cm³/mol. The Labute approximate surface area is 161 Å². The summed E-state index contributed by atoms with van der Waals surface area (Å²) in [6, 6.07) is 4.64. The average molecular weight is 419 g/mol. The van der Waals surface area contributed by atoms with Crippen LogP contribution in [0.15, 0.2) is 24.3 Å². The Morgan fingerprint density at radius 1 is 1.32 bits per heavy atom. The van der Waals surface area contributed by atoms with Gasteiger partial charge in [0.15, 0.2) is 0 Å². The molecule has 1 fully saturated rings. The topological polar surface area (TPSA) is 144 Å². The monoisotopic (exact) mass is 419 g/mol. The number of likely N-dealkylation sites (N-methyl/N-ethyl adjacent to an activating group) is 1. The minimum Gasteiger partial charge on any atom is -0.350 e. The fourth-order valence-electron chi connectivity index (χ4n) is 2.53. The molecule has 0 saturated carbocycles. The van der Waals surface area contributed by atoms with E-state index in [1.165, 1.54) is 13.0 Å². The average Bonchev–Trinajstić information content (AvgIpc) is 2.86. The van der Waals surface area contributed by atoms with Crippen molar-refractivity contribution in [1.82, 2.24) is 15.1 Å². The van der Waals surface area contributed by atoms with Gasteiger partial charge < -0.3 is 5.32 Å². The maximum absolute atomic E-state index is 13.5. The number of imide groups is 1. The van der Waals surface area contributed by atoms with E-state index in [1.807, 2.05) is 0 Å². The van der Waals surface area contributed by atoms with Crippen molar-refractivity contribution < 1.29 is 36.3 Å². The van der Waals surface area contributed by atoms with Gasteiger partial charge in [-0.3, -0.25) is 33.3 Å². The molecule has 1 aliphatic rings. The molecule has 0 aliphatic carbocycles. The van der Waals surface area contributed by atoms with Gasteiger partial charge in [0.25, 0.3) is 0 Å². The van der Waals surface area contributed by atoms with E-state index in [9.17, 15) is 18.8 Å². The Bertz CT molecular complexity index is 836. The van der Waals surface area contributed by atoms with Gasteiger partial charge in [-0.05, 0) is 27.1 Å². The zero-order valence-electron chi connectivity index (χ0n) is 15.5. The number of carbonyl (C=O) groups is 3. The maximum Gasteiger partial charge on any atom is 0.394 e. The van der Waals surface area contributed by atoms with Crippen molar-refractivity contribution in [2.24, 2.45) is 0 Å². The molecule has 3 N–H and O–H groups in total. The molecule has 1 aromatic rings. The Balaban J connectivity index is 0.000000696. The molecule has 0 spiro atoms. The summed E-state index contributed by atoms with van der Waals surface area (Å²) in [5.41, 5.74) is 0.346. The van der Waals surface area contributed by atoms with Gasteiger partial charge in [0, 0.05) is 12.1 Å². The van der Waals surface area contributed by atoms with Crippen LogP contribution in [0.4, 0.5) is 4.39 Å². The highest BCUT2D eigenvalue weighted by atomic mass is 32.3. The fourth-order valence-corrected chi connectivity index (χ4v) is 2.53. The number of amides is 3. The molecule has 3 amide bonds. The van der Waals surface area contributed by atoms with Crippen LogP contribution in [0.1, 0.15) is 18.9 Å². The minimum atomic E-state index is -4.67. The summed E-state index contributed by atoms with van der Waals surface area (Å²) in [5.74, 6) is -1.66. The second kappa shape index (κ2) is 9.68. The lowest BCUT2D eigenvalue weighted by Crippen LogP contribution is -2.49. The van der Waals surface area contributed by atoms with Crippen molar-refractivity contribution >= 4 is 28.1 Å². The zero-order valence-corrected chi connectivity index (χ0v) is 16.3. The summed E-state index contributed by atoms with van der Waals surface area (Å²) < 4.78 is 45.1. The van der Waals surface area contributed by atoms with E-state index < -0.39 is 34.2 Å². The SMILES string of the molecule is C[C@H](C(=O)NCc1ccccc1F)N1C(=O)C[C@H](N(C)C)C1=O.O=S(=O)(O)O. The molecule has 1 aliphatic heterocycles. The maximum atomic E-state index is 13.5. The van der Waals surface area contributed by atoms with E-state index in [2.05, 4.69) is 5.32 Å². The number of hydrogen-bond donors (Lipinski definition) is 3. The fraction of sp³-hybridized carbons (Fsp3) is 0.438. The highest BCUT2D eigenvalue weighted by Crippen LogP contribution is 2.19. The van der Waals surface area contributed by atoms with Crippen LogP contribution in [0.5, 0.6) is 0 Å². The number of likely N-dealkylation sites (tertiary alicyclic amines) is 1. The molecule has 28 heavy (non-hydrogen) atoms. The highest BCUT2D eigenvalue weighted by molar-refractivity contribution is 7.79. The van der Waals surface area contributed by atoms with Crippen LogP contribution in [0.3, 0.4) is 0 Å². The summed E-state index contributed by atoms with van der Waals surface area (Å²) in [6.45, 7) is 1.49. The van der Waals surface area contributed by atoms with E-state index in [0.29, 0.717) is 5.56 Å². The first-order valence-corrected chi connectivity index (χ1v) is 9.46. The van der Waals surface area contributed by atoms with Crippen molar-refractivity contribution in [2.45, 2.75) is 32.0 Å². The van der Waals surface area contributed by atoms with Gasteiger partial charge in [0.05, 0.1) is 12.5 Å². The van der Waals surface area contributed by atoms with E-state index >= 15 is 0 Å². The zero-order chi connectivity index (χ0) is 21.6. The molecule has 0 radical (unpaired) electrons. The molecule has 1 saturated heterocycles. The first-order valence-electron chi connectivity index (χ1n) is 8.06. The molecule has 1 heterocycles. The summed E-state index contributed by atoms with van der Waals surface area (Å²) in [7, 11) is -1.25. The van der Waals surface area contributed by atoms with Gasteiger partial charge in [-0.1, -0.05) is 18.2 Å².